The number of ether oxygens (including phenoxy) is 1. The van der Waals surface area contributed by atoms with Crippen molar-refractivity contribution in [2.75, 3.05) is 31.6 Å². The van der Waals surface area contributed by atoms with Gasteiger partial charge in [-0.15, -0.1) is 0 Å². The highest BCUT2D eigenvalue weighted by molar-refractivity contribution is 5.92. The number of aromatic nitrogens is 2. The predicted molar refractivity (Wildman–Crippen MR) is 92.7 cm³/mol. The van der Waals surface area contributed by atoms with Gasteiger partial charge in [-0.1, -0.05) is 17.7 Å². The van der Waals surface area contributed by atoms with Crippen molar-refractivity contribution in [2.45, 2.75) is 20.8 Å². The minimum atomic E-state index is -0.0823. The Morgan fingerprint density at radius 1 is 1.17 bits per heavy atom. The molecule has 0 unspecified atom stereocenters. The molecule has 2 aromatic rings. The van der Waals surface area contributed by atoms with Gasteiger partial charge < -0.3 is 15.0 Å². The molecule has 1 amide bonds. The van der Waals surface area contributed by atoms with Gasteiger partial charge >= 0.3 is 0 Å². The Labute approximate surface area is 141 Å². The summed E-state index contributed by atoms with van der Waals surface area (Å²) in [6.07, 6.45) is 1.61. The second-order valence-corrected chi connectivity index (χ2v) is 6.07. The molecule has 0 radical (unpaired) electrons. The molecule has 1 fully saturated rings. The molecule has 1 aliphatic rings. The first-order valence-corrected chi connectivity index (χ1v) is 8.09. The number of morpholine rings is 1. The van der Waals surface area contributed by atoms with Gasteiger partial charge in [-0.25, -0.2) is 9.97 Å². The smallest absolute Gasteiger partial charge is 0.272 e. The van der Waals surface area contributed by atoms with Crippen LogP contribution in [0.2, 0.25) is 0 Å². The number of anilines is 2. The van der Waals surface area contributed by atoms with E-state index in [-0.39, 0.29) is 5.91 Å². The molecular weight excluding hydrogens is 304 g/mol. The van der Waals surface area contributed by atoms with Crippen molar-refractivity contribution in [1.29, 1.82) is 0 Å². The highest BCUT2D eigenvalue weighted by Gasteiger charge is 2.20. The van der Waals surface area contributed by atoms with E-state index in [9.17, 15) is 4.79 Å². The van der Waals surface area contributed by atoms with Crippen LogP contribution < -0.4 is 5.32 Å². The normalized spacial score (nSPS) is 14.5. The van der Waals surface area contributed by atoms with E-state index in [1.165, 1.54) is 5.56 Å². The Hall–Kier alpha value is -2.47. The van der Waals surface area contributed by atoms with Crippen molar-refractivity contribution >= 4 is 17.5 Å². The van der Waals surface area contributed by atoms with Crippen LogP contribution in [0.4, 0.5) is 11.6 Å². The van der Waals surface area contributed by atoms with Crippen molar-refractivity contribution in [2.24, 2.45) is 0 Å². The fourth-order valence-electron chi connectivity index (χ4n) is 2.96. The molecule has 24 heavy (non-hydrogen) atoms. The Morgan fingerprint density at radius 3 is 2.50 bits per heavy atom. The van der Waals surface area contributed by atoms with Gasteiger partial charge in [0.1, 0.15) is 5.69 Å². The maximum Gasteiger partial charge on any atom is 0.272 e. The van der Waals surface area contributed by atoms with Gasteiger partial charge in [0.25, 0.3) is 5.91 Å². The van der Waals surface area contributed by atoms with E-state index in [1.807, 2.05) is 13.8 Å². The van der Waals surface area contributed by atoms with Crippen LogP contribution >= 0.6 is 0 Å². The lowest BCUT2D eigenvalue weighted by Gasteiger charge is -2.26. The largest absolute Gasteiger partial charge is 0.378 e. The average Bonchev–Trinajstić information content (AvgIpc) is 2.58. The minimum Gasteiger partial charge on any atom is -0.378 e. The molecular formula is C18H22N4O2. The molecule has 2 heterocycles. The minimum absolute atomic E-state index is 0.0823. The van der Waals surface area contributed by atoms with Crippen LogP contribution in [-0.4, -0.2) is 47.1 Å². The summed E-state index contributed by atoms with van der Waals surface area (Å²) in [7, 11) is 0. The molecule has 1 aromatic carbocycles. The molecule has 6 nitrogen and oxygen atoms in total. The number of aryl methyl sites for hydroxylation is 3. The van der Waals surface area contributed by atoms with Gasteiger partial charge in [0, 0.05) is 25.0 Å². The highest BCUT2D eigenvalue weighted by atomic mass is 16.5. The third kappa shape index (κ3) is 3.54. The van der Waals surface area contributed by atoms with Crippen LogP contribution in [0.15, 0.2) is 24.4 Å². The van der Waals surface area contributed by atoms with Crippen LogP contribution in [-0.2, 0) is 4.74 Å². The van der Waals surface area contributed by atoms with E-state index < -0.39 is 0 Å². The topological polar surface area (TPSA) is 67.4 Å². The van der Waals surface area contributed by atoms with E-state index in [2.05, 4.69) is 34.3 Å². The Kier molecular flexibility index (Phi) is 4.76. The maximum absolute atomic E-state index is 12.5. The number of hydrogen-bond acceptors (Lipinski definition) is 5. The summed E-state index contributed by atoms with van der Waals surface area (Å²) in [4.78, 5) is 22.9. The monoisotopic (exact) mass is 326 g/mol. The standard InChI is InChI=1S/C18H22N4O2/c1-12-10-13(2)16(14(3)11-12)21-18-19-5-4-15(20-18)17(23)22-6-8-24-9-7-22/h4-5,10-11H,6-9H2,1-3H3,(H,19,20,21). The lowest BCUT2D eigenvalue weighted by Crippen LogP contribution is -2.41. The van der Waals surface area contributed by atoms with Gasteiger partial charge in [-0.05, 0) is 38.0 Å². The molecule has 0 aliphatic carbocycles. The highest BCUT2D eigenvalue weighted by Crippen LogP contribution is 2.24. The summed E-state index contributed by atoms with van der Waals surface area (Å²) >= 11 is 0. The summed E-state index contributed by atoms with van der Waals surface area (Å²) in [6, 6.07) is 5.87. The molecule has 1 N–H and O–H groups in total. The van der Waals surface area contributed by atoms with Crippen molar-refractivity contribution in [3.05, 3.63) is 46.8 Å². The van der Waals surface area contributed by atoms with E-state index >= 15 is 0 Å². The number of hydrogen-bond donors (Lipinski definition) is 1. The SMILES string of the molecule is Cc1cc(C)c(Nc2nccc(C(=O)N3CCOCC3)n2)c(C)c1. The first kappa shape index (κ1) is 16.4. The molecule has 0 saturated carbocycles. The molecule has 1 aliphatic heterocycles. The maximum atomic E-state index is 12.5. The van der Waals surface area contributed by atoms with Gasteiger partial charge in [-0.3, -0.25) is 4.79 Å². The Bertz CT molecular complexity index is 731. The molecule has 1 aromatic heterocycles. The van der Waals surface area contributed by atoms with Gasteiger partial charge in [0.15, 0.2) is 0 Å². The average molecular weight is 326 g/mol. The second kappa shape index (κ2) is 6.97. The van der Waals surface area contributed by atoms with E-state index in [1.54, 1.807) is 17.2 Å². The number of amides is 1. The van der Waals surface area contributed by atoms with Gasteiger partial charge in [0.2, 0.25) is 5.95 Å². The zero-order valence-corrected chi connectivity index (χ0v) is 14.3. The van der Waals surface area contributed by atoms with Crippen LogP contribution in [0.25, 0.3) is 0 Å². The van der Waals surface area contributed by atoms with Crippen molar-refractivity contribution < 1.29 is 9.53 Å². The second-order valence-electron chi connectivity index (χ2n) is 6.07. The van der Waals surface area contributed by atoms with E-state index in [0.29, 0.717) is 37.9 Å². The van der Waals surface area contributed by atoms with Crippen molar-refractivity contribution in [1.82, 2.24) is 14.9 Å². The summed E-state index contributed by atoms with van der Waals surface area (Å²) in [5.41, 5.74) is 4.85. The predicted octanol–water partition coefficient (Wildman–Crippen LogP) is 2.62. The van der Waals surface area contributed by atoms with Crippen LogP contribution in [0.5, 0.6) is 0 Å². The summed E-state index contributed by atoms with van der Waals surface area (Å²) in [6.45, 7) is 8.51. The summed E-state index contributed by atoms with van der Waals surface area (Å²) in [5, 5.41) is 3.25. The molecule has 0 spiro atoms. The molecule has 0 bridgehead atoms. The van der Waals surface area contributed by atoms with Crippen LogP contribution in [0.3, 0.4) is 0 Å². The molecule has 126 valence electrons. The van der Waals surface area contributed by atoms with Crippen molar-refractivity contribution in [3.63, 3.8) is 0 Å². The number of carbonyl (C=O) groups excluding carboxylic acids is 1. The number of nitrogens with one attached hydrogen (secondary N) is 1. The molecule has 1 saturated heterocycles. The number of rotatable bonds is 3. The number of benzene rings is 1. The lowest BCUT2D eigenvalue weighted by atomic mass is 10.1. The third-order valence-corrected chi connectivity index (χ3v) is 4.09. The van der Waals surface area contributed by atoms with Gasteiger partial charge in [-0.2, -0.15) is 0 Å². The first-order valence-electron chi connectivity index (χ1n) is 8.09. The Morgan fingerprint density at radius 2 is 1.83 bits per heavy atom. The quantitative estimate of drug-likeness (QED) is 0.939. The van der Waals surface area contributed by atoms with E-state index in [4.69, 9.17) is 4.74 Å². The van der Waals surface area contributed by atoms with Gasteiger partial charge in [0.05, 0.1) is 13.2 Å². The molecule has 6 heteroatoms. The summed E-state index contributed by atoms with van der Waals surface area (Å²) in [5.74, 6) is 0.352. The zero-order valence-electron chi connectivity index (χ0n) is 14.3. The summed E-state index contributed by atoms with van der Waals surface area (Å²) < 4.78 is 5.29. The van der Waals surface area contributed by atoms with Crippen LogP contribution in [0, 0.1) is 20.8 Å². The molecule has 0 atom stereocenters. The van der Waals surface area contributed by atoms with E-state index in [0.717, 1.165) is 16.8 Å². The fraction of sp³-hybridized carbons (Fsp3) is 0.389. The lowest BCUT2D eigenvalue weighted by molar-refractivity contribution is 0.0299. The number of carbonyl (C=O) groups is 1. The zero-order chi connectivity index (χ0) is 17.1. The van der Waals surface area contributed by atoms with Crippen molar-refractivity contribution in [3.8, 4) is 0 Å². The Balaban J connectivity index is 1.82. The number of nitrogens with zero attached hydrogens (tertiary/aromatic N) is 3. The molecule has 3 rings (SSSR count). The fourth-order valence-corrected chi connectivity index (χ4v) is 2.96. The van der Waals surface area contributed by atoms with Crippen LogP contribution in [0.1, 0.15) is 27.2 Å². The third-order valence-electron chi connectivity index (χ3n) is 4.09. The first-order chi connectivity index (χ1) is 11.5.